The van der Waals surface area contributed by atoms with Gasteiger partial charge in [0.2, 0.25) is 0 Å². The fraction of sp³-hybridized carbons (Fsp3) is 0.188. The number of hydrogen-bond donors (Lipinski definition) is 1. The Hall–Kier alpha value is -2.00. The first-order valence-electron chi connectivity index (χ1n) is 6.24. The quantitative estimate of drug-likeness (QED) is 0.665. The maximum atomic E-state index is 11.3. The molecule has 1 aromatic carbocycles. The minimum atomic E-state index is -0.986. The average Bonchev–Trinajstić information content (AvgIpc) is 2.84. The predicted molar refractivity (Wildman–Crippen MR) is 77.9 cm³/mol. The van der Waals surface area contributed by atoms with Gasteiger partial charge in [0.1, 0.15) is 11.5 Å². The molecule has 3 nitrogen and oxygen atoms in total. The van der Waals surface area contributed by atoms with Gasteiger partial charge in [-0.3, -0.25) is 0 Å². The lowest BCUT2D eigenvalue weighted by Gasteiger charge is -2.07. The smallest absolute Gasteiger partial charge is 0.331 e. The molecule has 104 valence electrons. The van der Waals surface area contributed by atoms with Gasteiger partial charge in [-0.05, 0) is 24.6 Å². The van der Waals surface area contributed by atoms with Gasteiger partial charge in [-0.2, -0.15) is 0 Å². The molecule has 0 amide bonds. The van der Waals surface area contributed by atoms with E-state index in [0.717, 1.165) is 11.3 Å². The van der Waals surface area contributed by atoms with E-state index in [4.69, 9.17) is 16.0 Å². The lowest BCUT2D eigenvalue weighted by Crippen LogP contribution is -2.05. The number of furan rings is 1. The number of hydrogen-bond acceptors (Lipinski definition) is 2. The standard InChI is InChI=1S/C16H15ClO3/c1-11-7-8-14(20-11)9-13(16(18)19)10-15(17)12-5-3-2-4-6-12/h2-8,10,15H,9H2,1H3,(H,18,19)/b13-10+. The molecule has 2 rings (SSSR count). The van der Waals surface area contributed by atoms with Crippen molar-refractivity contribution in [3.63, 3.8) is 0 Å². The van der Waals surface area contributed by atoms with Crippen LogP contribution in [0.3, 0.4) is 0 Å². The number of benzene rings is 1. The third kappa shape index (κ3) is 3.75. The van der Waals surface area contributed by atoms with Crippen LogP contribution >= 0.6 is 11.6 Å². The molecule has 0 saturated heterocycles. The van der Waals surface area contributed by atoms with E-state index in [1.807, 2.05) is 43.3 Å². The van der Waals surface area contributed by atoms with Crippen LogP contribution in [0.2, 0.25) is 0 Å². The van der Waals surface area contributed by atoms with Gasteiger partial charge < -0.3 is 9.52 Å². The molecule has 1 atom stereocenters. The van der Waals surface area contributed by atoms with E-state index in [0.29, 0.717) is 5.76 Å². The van der Waals surface area contributed by atoms with Crippen LogP contribution in [-0.4, -0.2) is 11.1 Å². The monoisotopic (exact) mass is 290 g/mol. The number of halogens is 1. The van der Waals surface area contributed by atoms with Crippen molar-refractivity contribution < 1.29 is 14.3 Å². The highest BCUT2D eigenvalue weighted by Gasteiger charge is 2.14. The number of carboxylic acids is 1. The highest BCUT2D eigenvalue weighted by Crippen LogP contribution is 2.24. The minimum Gasteiger partial charge on any atom is -0.478 e. The van der Waals surface area contributed by atoms with Crippen LogP contribution in [0.1, 0.15) is 22.5 Å². The number of rotatable bonds is 5. The van der Waals surface area contributed by atoms with Gasteiger partial charge in [-0.1, -0.05) is 36.4 Å². The number of alkyl halides is 1. The summed E-state index contributed by atoms with van der Waals surface area (Å²) in [6, 6.07) is 12.9. The van der Waals surface area contributed by atoms with E-state index in [1.54, 1.807) is 12.1 Å². The Morgan fingerprint density at radius 1 is 1.30 bits per heavy atom. The SMILES string of the molecule is Cc1ccc(C/C(=C\C(Cl)c2ccccc2)C(=O)O)o1. The Labute approximate surface area is 122 Å². The molecule has 20 heavy (non-hydrogen) atoms. The van der Waals surface area contributed by atoms with Gasteiger partial charge >= 0.3 is 5.97 Å². The molecule has 1 N–H and O–H groups in total. The molecule has 1 heterocycles. The van der Waals surface area contributed by atoms with Crippen molar-refractivity contribution in [2.45, 2.75) is 18.7 Å². The molecule has 0 aliphatic heterocycles. The Kier molecular flexibility index (Phi) is 4.64. The number of carbonyl (C=O) groups is 1. The van der Waals surface area contributed by atoms with Crippen LogP contribution in [0.5, 0.6) is 0 Å². The van der Waals surface area contributed by atoms with Crippen LogP contribution in [0, 0.1) is 6.92 Å². The lowest BCUT2D eigenvalue weighted by molar-refractivity contribution is -0.132. The van der Waals surface area contributed by atoms with Crippen molar-refractivity contribution in [1.29, 1.82) is 0 Å². The van der Waals surface area contributed by atoms with E-state index in [2.05, 4.69) is 0 Å². The number of allylic oxidation sites excluding steroid dienone is 1. The largest absolute Gasteiger partial charge is 0.478 e. The molecule has 0 bridgehead atoms. The number of carboxylic acid groups (broad SMARTS) is 1. The first-order valence-corrected chi connectivity index (χ1v) is 6.68. The summed E-state index contributed by atoms with van der Waals surface area (Å²) in [5.74, 6) is 0.393. The Bertz CT molecular complexity index is 614. The molecule has 1 aromatic heterocycles. The fourth-order valence-corrected chi connectivity index (χ4v) is 2.18. The average molecular weight is 291 g/mol. The Morgan fingerprint density at radius 3 is 2.55 bits per heavy atom. The van der Waals surface area contributed by atoms with Crippen LogP contribution in [0.25, 0.3) is 0 Å². The summed E-state index contributed by atoms with van der Waals surface area (Å²) < 4.78 is 5.40. The molecule has 0 radical (unpaired) electrons. The zero-order chi connectivity index (χ0) is 14.5. The molecule has 1 unspecified atom stereocenters. The highest BCUT2D eigenvalue weighted by atomic mass is 35.5. The Balaban J connectivity index is 2.20. The molecule has 4 heteroatoms. The summed E-state index contributed by atoms with van der Waals surface area (Å²) in [6.45, 7) is 1.82. The molecular formula is C16H15ClO3. The molecule has 0 saturated carbocycles. The second-order valence-electron chi connectivity index (χ2n) is 4.50. The van der Waals surface area contributed by atoms with Gasteiger partial charge in [0.25, 0.3) is 0 Å². The molecular weight excluding hydrogens is 276 g/mol. The van der Waals surface area contributed by atoms with Crippen molar-refractivity contribution in [2.75, 3.05) is 0 Å². The van der Waals surface area contributed by atoms with Crippen molar-refractivity contribution in [2.24, 2.45) is 0 Å². The number of aryl methyl sites for hydroxylation is 1. The summed E-state index contributed by atoms with van der Waals surface area (Å²) in [6.07, 6.45) is 1.77. The summed E-state index contributed by atoms with van der Waals surface area (Å²) in [7, 11) is 0. The molecule has 2 aromatic rings. The maximum Gasteiger partial charge on any atom is 0.331 e. The summed E-state index contributed by atoms with van der Waals surface area (Å²) >= 11 is 6.25. The molecule has 0 spiro atoms. The van der Waals surface area contributed by atoms with Crippen molar-refractivity contribution in [3.05, 3.63) is 71.2 Å². The van der Waals surface area contributed by atoms with Crippen molar-refractivity contribution in [3.8, 4) is 0 Å². The van der Waals surface area contributed by atoms with Crippen LogP contribution < -0.4 is 0 Å². The molecule has 0 aliphatic carbocycles. The minimum absolute atomic E-state index is 0.221. The first kappa shape index (κ1) is 14.4. The van der Waals surface area contributed by atoms with Gasteiger partial charge in [0, 0.05) is 12.0 Å². The topological polar surface area (TPSA) is 50.4 Å². The van der Waals surface area contributed by atoms with E-state index in [9.17, 15) is 9.90 Å². The predicted octanol–water partition coefficient (Wildman–Crippen LogP) is 4.12. The van der Waals surface area contributed by atoms with Gasteiger partial charge in [-0.25, -0.2) is 4.79 Å². The van der Waals surface area contributed by atoms with Crippen molar-refractivity contribution >= 4 is 17.6 Å². The Morgan fingerprint density at radius 2 is 2.00 bits per heavy atom. The van der Waals surface area contributed by atoms with Crippen LogP contribution in [0.4, 0.5) is 0 Å². The van der Waals surface area contributed by atoms with Gasteiger partial charge in [0.15, 0.2) is 0 Å². The van der Waals surface area contributed by atoms with E-state index in [-0.39, 0.29) is 12.0 Å². The third-order valence-corrected chi connectivity index (χ3v) is 3.28. The zero-order valence-electron chi connectivity index (χ0n) is 11.0. The number of aliphatic carboxylic acids is 1. The second kappa shape index (κ2) is 6.44. The second-order valence-corrected chi connectivity index (χ2v) is 4.97. The summed E-state index contributed by atoms with van der Waals surface area (Å²) in [5.41, 5.74) is 1.09. The third-order valence-electron chi connectivity index (χ3n) is 2.90. The first-order chi connectivity index (χ1) is 9.56. The fourth-order valence-electron chi connectivity index (χ4n) is 1.88. The summed E-state index contributed by atoms with van der Waals surface area (Å²) in [5, 5.41) is 8.79. The van der Waals surface area contributed by atoms with Crippen LogP contribution in [-0.2, 0) is 11.2 Å². The normalized spacial score (nSPS) is 13.2. The van der Waals surface area contributed by atoms with Gasteiger partial charge in [0.05, 0.1) is 5.38 Å². The maximum absolute atomic E-state index is 11.3. The zero-order valence-corrected chi connectivity index (χ0v) is 11.8. The van der Waals surface area contributed by atoms with E-state index < -0.39 is 11.3 Å². The highest BCUT2D eigenvalue weighted by molar-refractivity contribution is 6.22. The lowest BCUT2D eigenvalue weighted by atomic mass is 10.1. The summed E-state index contributed by atoms with van der Waals surface area (Å²) in [4.78, 5) is 11.3. The van der Waals surface area contributed by atoms with Crippen LogP contribution in [0.15, 0.2) is 58.5 Å². The van der Waals surface area contributed by atoms with E-state index >= 15 is 0 Å². The molecule has 0 fully saturated rings. The van der Waals surface area contributed by atoms with Crippen molar-refractivity contribution in [1.82, 2.24) is 0 Å². The molecule has 0 aliphatic rings. The van der Waals surface area contributed by atoms with E-state index in [1.165, 1.54) is 0 Å². The van der Waals surface area contributed by atoms with Gasteiger partial charge in [-0.15, -0.1) is 11.6 Å².